The number of nitrogens with zero attached hydrogens (tertiary/aromatic N) is 2. The third-order valence-corrected chi connectivity index (χ3v) is 5.04. The van der Waals surface area contributed by atoms with Gasteiger partial charge in [-0.2, -0.15) is 0 Å². The number of rotatable bonds is 4. The number of benzene rings is 2. The van der Waals surface area contributed by atoms with Gasteiger partial charge in [0.15, 0.2) is 16.7 Å². The van der Waals surface area contributed by atoms with Crippen molar-refractivity contribution in [1.29, 1.82) is 0 Å². The number of amidine groups is 1. The number of amides is 1. The summed E-state index contributed by atoms with van der Waals surface area (Å²) >= 11 is 1.34. The number of para-hydroxylation sites is 1. The summed E-state index contributed by atoms with van der Waals surface area (Å²) in [5.74, 6) is 1.13. The highest BCUT2D eigenvalue weighted by molar-refractivity contribution is 8.18. The zero-order valence-corrected chi connectivity index (χ0v) is 16.0. The minimum atomic E-state index is -0.0919. The van der Waals surface area contributed by atoms with Gasteiger partial charge in [-0.25, -0.2) is 4.99 Å². The molecule has 3 rings (SSSR count). The molecule has 26 heavy (non-hydrogen) atoms. The molecule has 0 aromatic heterocycles. The van der Waals surface area contributed by atoms with Gasteiger partial charge in [0.2, 0.25) is 0 Å². The first-order valence-electron chi connectivity index (χ1n) is 8.07. The van der Waals surface area contributed by atoms with Crippen molar-refractivity contribution in [2.24, 2.45) is 4.99 Å². The predicted molar refractivity (Wildman–Crippen MR) is 106 cm³/mol. The molecule has 0 spiro atoms. The second-order valence-corrected chi connectivity index (χ2v) is 6.80. The van der Waals surface area contributed by atoms with E-state index in [1.54, 1.807) is 26.2 Å². The van der Waals surface area contributed by atoms with Crippen LogP contribution in [0.3, 0.4) is 0 Å². The van der Waals surface area contributed by atoms with E-state index in [1.165, 1.54) is 17.3 Å². The number of hydrogen-bond donors (Lipinski definition) is 0. The smallest absolute Gasteiger partial charge is 0.266 e. The van der Waals surface area contributed by atoms with Crippen molar-refractivity contribution in [3.8, 4) is 11.5 Å². The van der Waals surface area contributed by atoms with Crippen molar-refractivity contribution >= 4 is 34.6 Å². The molecule has 0 aliphatic carbocycles. The van der Waals surface area contributed by atoms with E-state index in [9.17, 15) is 4.79 Å². The van der Waals surface area contributed by atoms with Crippen LogP contribution in [0.4, 0.5) is 5.69 Å². The Kier molecular flexibility index (Phi) is 5.32. The molecule has 0 radical (unpaired) electrons. The van der Waals surface area contributed by atoms with E-state index >= 15 is 0 Å². The molecule has 0 bridgehead atoms. The topological polar surface area (TPSA) is 51.1 Å². The Labute approximate surface area is 157 Å². The van der Waals surface area contributed by atoms with Gasteiger partial charge in [0, 0.05) is 12.6 Å². The van der Waals surface area contributed by atoms with E-state index in [0.717, 1.165) is 11.3 Å². The molecular weight excluding hydrogens is 348 g/mol. The van der Waals surface area contributed by atoms with Gasteiger partial charge >= 0.3 is 0 Å². The number of ether oxygens (including phenoxy) is 2. The zero-order valence-electron chi connectivity index (χ0n) is 15.1. The largest absolute Gasteiger partial charge is 0.493 e. The fourth-order valence-corrected chi connectivity index (χ4v) is 3.53. The lowest BCUT2D eigenvalue weighted by atomic mass is 10.1. The molecular formula is C20H20N2O3S. The van der Waals surface area contributed by atoms with E-state index in [4.69, 9.17) is 9.47 Å². The Morgan fingerprint density at radius 2 is 1.81 bits per heavy atom. The Balaban J connectivity index is 1.94. The number of aryl methyl sites for hydroxylation is 1. The molecule has 2 aromatic carbocycles. The minimum absolute atomic E-state index is 0.0919. The van der Waals surface area contributed by atoms with Crippen LogP contribution in [-0.2, 0) is 4.79 Å². The van der Waals surface area contributed by atoms with E-state index in [1.807, 2.05) is 55.5 Å². The molecule has 2 aromatic rings. The van der Waals surface area contributed by atoms with Gasteiger partial charge in [0.1, 0.15) is 0 Å². The van der Waals surface area contributed by atoms with Gasteiger partial charge in [-0.3, -0.25) is 9.69 Å². The highest BCUT2D eigenvalue weighted by Gasteiger charge is 2.30. The molecule has 134 valence electrons. The zero-order chi connectivity index (χ0) is 18.7. The molecule has 6 heteroatoms. The van der Waals surface area contributed by atoms with Crippen molar-refractivity contribution in [2.75, 3.05) is 21.3 Å². The van der Waals surface area contributed by atoms with Crippen molar-refractivity contribution < 1.29 is 14.3 Å². The van der Waals surface area contributed by atoms with Crippen LogP contribution in [0, 0.1) is 6.92 Å². The average molecular weight is 368 g/mol. The lowest BCUT2D eigenvalue weighted by Gasteiger charge is -2.10. The molecule has 1 aliphatic rings. The van der Waals surface area contributed by atoms with Gasteiger partial charge in [-0.15, -0.1) is 0 Å². The molecule has 0 unspecified atom stereocenters. The Morgan fingerprint density at radius 1 is 1.08 bits per heavy atom. The summed E-state index contributed by atoms with van der Waals surface area (Å²) in [6.45, 7) is 2.03. The normalized spacial score (nSPS) is 17.2. The molecule has 0 N–H and O–H groups in total. The molecule has 1 fully saturated rings. The first-order valence-corrected chi connectivity index (χ1v) is 8.89. The highest BCUT2D eigenvalue weighted by Crippen LogP contribution is 2.37. The van der Waals surface area contributed by atoms with Crippen LogP contribution in [0.15, 0.2) is 52.4 Å². The van der Waals surface area contributed by atoms with Crippen LogP contribution in [-0.4, -0.2) is 37.2 Å². The number of hydrogen-bond acceptors (Lipinski definition) is 5. The van der Waals surface area contributed by atoms with Crippen LogP contribution in [0.5, 0.6) is 11.5 Å². The summed E-state index contributed by atoms with van der Waals surface area (Å²) in [7, 11) is 4.90. The monoisotopic (exact) mass is 368 g/mol. The Bertz CT molecular complexity index is 888. The first-order chi connectivity index (χ1) is 12.5. The minimum Gasteiger partial charge on any atom is -0.493 e. The van der Waals surface area contributed by atoms with Gasteiger partial charge in [0.05, 0.1) is 24.8 Å². The fraction of sp³-hybridized carbons (Fsp3) is 0.200. The summed E-state index contributed by atoms with van der Waals surface area (Å²) in [6, 6.07) is 13.4. The van der Waals surface area contributed by atoms with Crippen LogP contribution < -0.4 is 9.47 Å². The SMILES string of the molecule is COc1cccc(/C=C2\SC(=Nc3ccc(C)cc3)N(C)C2=O)c1OC. The molecule has 1 aliphatic heterocycles. The average Bonchev–Trinajstić information content (AvgIpc) is 2.91. The maximum absolute atomic E-state index is 12.6. The Morgan fingerprint density at radius 3 is 2.46 bits per heavy atom. The molecule has 1 saturated heterocycles. The van der Waals surface area contributed by atoms with Crippen LogP contribution in [0.1, 0.15) is 11.1 Å². The molecule has 5 nitrogen and oxygen atoms in total. The van der Waals surface area contributed by atoms with Gasteiger partial charge in [-0.05, 0) is 43.0 Å². The van der Waals surface area contributed by atoms with E-state index in [0.29, 0.717) is 21.6 Å². The Hall–Kier alpha value is -2.73. The van der Waals surface area contributed by atoms with Crippen molar-refractivity contribution in [1.82, 2.24) is 4.90 Å². The second-order valence-electron chi connectivity index (χ2n) is 5.79. The first kappa shape index (κ1) is 18.1. The summed E-state index contributed by atoms with van der Waals surface area (Å²) in [5, 5.41) is 0.645. The molecule has 0 saturated carbocycles. The standard InChI is InChI=1S/C20H20N2O3S/c1-13-8-10-15(11-9-13)21-20-22(2)19(23)17(26-20)12-14-6-5-7-16(24-3)18(14)25-4/h5-12H,1-4H3/b17-12-,21-20?. The number of methoxy groups -OCH3 is 2. The van der Waals surface area contributed by atoms with Crippen LogP contribution in [0.25, 0.3) is 6.08 Å². The third-order valence-electron chi connectivity index (χ3n) is 3.98. The lowest BCUT2D eigenvalue weighted by Crippen LogP contribution is -2.23. The van der Waals surface area contributed by atoms with E-state index < -0.39 is 0 Å². The molecule has 1 heterocycles. The molecule has 0 atom stereocenters. The lowest BCUT2D eigenvalue weighted by molar-refractivity contribution is -0.121. The quantitative estimate of drug-likeness (QED) is 0.757. The summed E-state index contributed by atoms with van der Waals surface area (Å²) in [6.07, 6.45) is 1.81. The fourth-order valence-electron chi connectivity index (χ4n) is 2.55. The van der Waals surface area contributed by atoms with Gasteiger partial charge in [-0.1, -0.05) is 29.8 Å². The highest BCUT2D eigenvalue weighted by atomic mass is 32.2. The number of carbonyl (C=O) groups excluding carboxylic acids is 1. The third kappa shape index (κ3) is 3.60. The van der Waals surface area contributed by atoms with Gasteiger partial charge in [0.25, 0.3) is 5.91 Å². The number of likely N-dealkylation sites (N-methyl/N-ethyl adjacent to an activating group) is 1. The van der Waals surface area contributed by atoms with E-state index in [2.05, 4.69) is 4.99 Å². The maximum atomic E-state index is 12.6. The van der Waals surface area contributed by atoms with Crippen LogP contribution >= 0.6 is 11.8 Å². The van der Waals surface area contributed by atoms with Gasteiger partial charge < -0.3 is 9.47 Å². The number of thioether (sulfide) groups is 1. The van der Waals surface area contributed by atoms with Crippen molar-refractivity contribution in [3.05, 3.63) is 58.5 Å². The summed E-state index contributed by atoms with van der Waals surface area (Å²) in [5.41, 5.74) is 2.77. The maximum Gasteiger partial charge on any atom is 0.266 e. The summed E-state index contributed by atoms with van der Waals surface area (Å²) < 4.78 is 10.8. The number of aliphatic imine (C=N–C) groups is 1. The van der Waals surface area contributed by atoms with Crippen molar-refractivity contribution in [2.45, 2.75) is 6.92 Å². The second kappa shape index (κ2) is 7.66. The summed E-state index contributed by atoms with van der Waals surface area (Å²) in [4.78, 5) is 19.3. The molecule has 1 amide bonds. The van der Waals surface area contributed by atoms with E-state index in [-0.39, 0.29) is 5.91 Å². The van der Waals surface area contributed by atoms with Crippen molar-refractivity contribution in [3.63, 3.8) is 0 Å². The number of carbonyl (C=O) groups is 1. The predicted octanol–water partition coefficient (Wildman–Crippen LogP) is 4.25. The van der Waals surface area contributed by atoms with Crippen LogP contribution in [0.2, 0.25) is 0 Å².